The fourth-order valence-corrected chi connectivity index (χ4v) is 3.82. The zero-order valence-corrected chi connectivity index (χ0v) is 16.4. The summed E-state index contributed by atoms with van der Waals surface area (Å²) in [6.07, 6.45) is 2.58. The molecule has 0 unspecified atom stereocenters. The van der Waals surface area contributed by atoms with Crippen molar-refractivity contribution in [2.45, 2.75) is 13.0 Å². The van der Waals surface area contributed by atoms with Crippen LogP contribution in [0.1, 0.15) is 32.7 Å². The summed E-state index contributed by atoms with van der Waals surface area (Å²) in [6, 6.07) is 13.4. The predicted molar refractivity (Wildman–Crippen MR) is 112 cm³/mol. The van der Waals surface area contributed by atoms with Crippen molar-refractivity contribution < 1.29 is 14.3 Å². The first-order valence-corrected chi connectivity index (χ1v) is 9.47. The molecule has 4 rings (SSSR count). The van der Waals surface area contributed by atoms with E-state index in [0.29, 0.717) is 11.1 Å². The quantitative estimate of drug-likeness (QED) is 0.501. The molecule has 0 saturated heterocycles. The third-order valence-corrected chi connectivity index (χ3v) is 5.08. The van der Waals surface area contributed by atoms with Crippen LogP contribution in [0.25, 0.3) is 22.2 Å². The minimum atomic E-state index is -0.480. The lowest BCUT2D eigenvalue weighted by Gasteiger charge is -2.13. The van der Waals surface area contributed by atoms with Crippen molar-refractivity contribution in [2.24, 2.45) is 5.10 Å². The third-order valence-electron chi connectivity index (χ3n) is 5.08. The Morgan fingerprint density at radius 1 is 1.24 bits per heavy atom. The molecule has 0 aliphatic carbocycles. The van der Waals surface area contributed by atoms with E-state index < -0.39 is 5.97 Å². The Hall–Kier alpha value is -3.45. The number of rotatable bonds is 6. The highest BCUT2D eigenvalue weighted by Crippen LogP contribution is 2.36. The Bertz CT molecular complexity index is 1120. The van der Waals surface area contributed by atoms with Gasteiger partial charge in [-0.2, -0.15) is 5.10 Å². The predicted octanol–water partition coefficient (Wildman–Crippen LogP) is 2.78. The van der Waals surface area contributed by atoms with Gasteiger partial charge in [-0.25, -0.2) is 10.2 Å². The monoisotopic (exact) mass is 390 g/mol. The standard InChI is InChI=1S/C22H22N4O3/c1-23-9-6-10-26-18-12-15(22(28)29-2)11-16-19(18)17(13-24-25-21(16)27)20(26)14-7-4-3-5-8-14/h3-5,7-8,11-13,23H,6,9-10H2,1-2H3,(H,25,27). The van der Waals surface area contributed by atoms with E-state index in [1.807, 2.05) is 37.4 Å². The van der Waals surface area contributed by atoms with Crippen LogP contribution in [0.2, 0.25) is 0 Å². The number of nitrogens with zero attached hydrogens (tertiary/aromatic N) is 2. The number of benzene rings is 2. The molecule has 1 aromatic heterocycles. The summed E-state index contributed by atoms with van der Waals surface area (Å²) < 4.78 is 7.07. The molecule has 0 atom stereocenters. The summed E-state index contributed by atoms with van der Waals surface area (Å²) in [5.74, 6) is -0.824. The summed E-state index contributed by atoms with van der Waals surface area (Å²) >= 11 is 0. The van der Waals surface area contributed by atoms with Crippen LogP contribution in [-0.4, -0.2) is 43.4 Å². The molecule has 7 nitrogen and oxygen atoms in total. The van der Waals surface area contributed by atoms with Gasteiger partial charge in [0.2, 0.25) is 0 Å². The largest absolute Gasteiger partial charge is 0.465 e. The summed E-state index contributed by atoms with van der Waals surface area (Å²) in [4.78, 5) is 24.9. The first-order chi connectivity index (χ1) is 14.2. The van der Waals surface area contributed by atoms with Crippen LogP contribution in [-0.2, 0) is 11.3 Å². The topological polar surface area (TPSA) is 84.7 Å². The first kappa shape index (κ1) is 18.9. The number of hydrogen-bond donors (Lipinski definition) is 2. The highest BCUT2D eigenvalue weighted by atomic mass is 16.5. The Morgan fingerprint density at radius 2 is 2.03 bits per heavy atom. The van der Waals surface area contributed by atoms with Crippen LogP contribution in [0.15, 0.2) is 47.6 Å². The molecule has 1 aliphatic heterocycles. The third kappa shape index (κ3) is 3.30. The number of aryl methyl sites for hydroxylation is 1. The van der Waals surface area contributed by atoms with Crippen LogP contribution < -0.4 is 10.7 Å². The Kier molecular flexibility index (Phi) is 5.14. The summed E-state index contributed by atoms with van der Waals surface area (Å²) in [6.45, 7) is 1.57. The highest BCUT2D eigenvalue weighted by Gasteiger charge is 2.26. The molecule has 1 amide bonds. The number of esters is 1. The number of carbonyl (C=O) groups excluding carboxylic acids is 2. The van der Waals surface area contributed by atoms with E-state index in [-0.39, 0.29) is 5.91 Å². The van der Waals surface area contributed by atoms with Crippen LogP contribution in [0, 0.1) is 0 Å². The molecule has 0 spiro atoms. The van der Waals surface area contributed by atoms with Crippen molar-refractivity contribution in [1.29, 1.82) is 0 Å². The molecular formula is C22H22N4O3. The zero-order chi connectivity index (χ0) is 20.4. The fourth-order valence-electron chi connectivity index (χ4n) is 3.82. The Balaban J connectivity index is 2.07. The molecule has 148 valence electrons. The molecule has 2 heterocycles. The van der Waals surface area contributed by atoms with E-state index >= 15 is 0 Å². The van der Waals surface area contributed by atoms with Gasteiger partial charge in [0.1, 0.15) is 0 Å². The van der Waals surface area contributed by atoms with E-state index in [2.05, 4.69) is 20.4 Å². The van der Waals surface area contributed by atoms with E-state index in [0.717, 1.165) is 47.2 Å². The molecule has 2 N–H and O–H groups in total. The Labute approximate surface area is 168 Å². The van der Waals surface area contributed by atoms with Crippen LogP contribution in [0.5, 0.6) is 0 Å². The van der Waals surface area contributed by atoms with Gasteiger partial charge < -0.3 is 14.6 Å². The number of ether oxygens (including phenoxy) is 1. The number of hydrazone groups is 1. The molecule has 0 saturated carbocycles. The van der Waals surface area contributed by atoms with Gasteiger partial charge in [-0.3, -0.25) is 4.79 Å². The fraction of sp³-hybridized carbons (Fsp3) is 0.227. The Morgan fingerprint density at radius 3 is 2.76 bits per heavy atom. The number of hydrogen-bond acceptors (Lipinski definition) is 5. The lowest BCUT2D eigenvalue weighted by atomic mass is 10.00. The molecule has 3 aromatic rings. The average Bonchev–Trinajstić information content (AvgIpc) is 2.96. The molecule has 1 aliphatic rings. The minimum absolute atomic E-state index is 0.338. The second kappa shape index (κ2) is 7.89. The average molecular weight is 390 g/mol. The van der Waals surface area contributed by atoms with Gasteiger partial charge in [-0.05, 0) is 37.7 Å². The van der Waals surface area contributed by atoms with Gasteiger partial charge in [0.05, 0.1) is 35.7 Å². The minimum Gasteiger partial charge on any atom is -0.465 e. The lowest BCUT2D eigenvalue weighted by Crippen LogP contribution is -2.17. The molecule has 2 aromatic carbocycles. The number of carbonyl (C=O) groups is 2. The van der Waals surface area contributed by atoms with Gasteiger partial charge in [-0.1, -0.05) is 30.3 Å². The van der Waals surface area contributed by atoms with Crippen molar-refractivity contribution in [3.8, 4) is 11.3 Å². The number of nitrogens with one attached hydrogen (secondary N) is 2. The number of amides is 1. The van der Waals surface area contributed by atoms with E-state index in [9.17, 15) is 9.59 Å². The van der Waals surface area contributed by atoms with E-state index in [1.54, 1.807) is 18.3 Å². The van der Waals surface area contributed by atoms with Crippen molar-refractivity contribution in [3.63, 3.8) is 0 Å². The number of methoxy groups -OCH3 is 1. The summed E-state index contributed by atoms with van der Waals surface area (Å²) in [5.41, 5.74) is 6.96. The van der Waals surface area contributed by atoms with Gasteiger partial charge in [0.25, 0.3) is 5.91 Å². The van der Waals surface area contributed by atoms with Crippen molar-refractivity contribution in [1.82, 2.24) is 15.3 Å². The molecular weight excluding hydrogens is 368 g/mol. The normalized spacial score (nSPS) is 12.7. The second-order valence-electron chi connectivity index (χ2n) is 6.85. The smallest absolute Gasteiger partial charge is 0.337 e. The summed E-state index contributed by atoms with van der Waals surface area (Å²) in [5, 5.41) is 8.07. The van der Waals surface area contributed by atoms with Crippen LogP contribution in [0.4, 0.5) is 0 Å². The summed E-state index contributed by atoms with van der Waals surface area (Å²) in [7, 11) is 3.25. The van der Waals surface area contributed by atoms with Gasteiger partial charge in [0, 0.05) is 17.5 Å². The maximum atomic E-state index is 12.7. The SMILES string of the molecule is CNCCCn1c(-c2ccccc2)c2c3c(cc(C(=O)OC)cc31)C(=O)NN=C2. The van der Waals surface area contributed by atoms with Gasteiger partial charge in [-0.15, -0.1) is 0 Å². The van der Waals surface area contributed by atoms with Crippen molar-refractivity contribution in [3.05, 3.63) is 59.2 Å². The van der Waals surface area contributed by atoms with Crippen LogP contribution in [0.3, 0.4) is 0 Å². The first-order valence-electron chi connectivity index (χ1n) is 9.47. The molecule has 29 heavy (non-hydrogen) atoms. The number of aromatic nitrogens is 1. The molecule has 0 fully saturated rings. The second-order valence-corrected chi connectivity index (χ2v) is 6.85. The van der Waals surface area contributed by atoms with E-state index in [4.69, 9.17) is 4.74 Å². The van der Waals surface area contributed by atoms with Crippen LogP contribution >= 0.6 is 0 Å². The molecule has 0 radical (unpaired) electrons. The van der Waals surface area contributed by atoms with Gasteiger partial charge >= 0.3 is 5.97 Å². The zero-order valence-electron chi connectivity index (χ0n) is 16.4. The van der Waals surface area contributed by atoms with Gasteiger partial charge in [0.15, 0.2) is 0 Å². The lowest BCUT2D eigenvalue weighted by molar-refractivity contribution is 0.0601. The highest BCUT2D eigenvalue weighted by molar-refractivity contribution is 6.18. The molecule has 7 heteroatoms. The molecule has 0 bridgehead atoms. The van der Waals surface area contributed by atoms with Crippen molar-refractivity contribution in [2.75, 3.05) is 20.7 Å². The van der Waals surface area contributed by atoms with Crippen molar-refractivity contribution >= 4 is 29.0 Å². The maximum Gasteiger partial charge on any atom is 0.337 e. The maximum absolute atomic E-state index is 12.7. The van der Waals surface area contributed by atoms with E-state index in [1.165, 1.54) is 7.11 Å².